The summed E-state index contributed by atoms with van der Waals surface area (Å²) in [5, 5.41) is 0.727. The molecule has 3 aromatic heterocycles. The van der Waals surface area contributed by atoms with E-state index in [1.54, 1.807) is 35.4 Å². The van der Waals surface area contributed by atoms with Crippen LogP contribution >= 0.6 is 11.6 Å². The number of aromatic nitrogens is 5. The van der Waals surface area contributed by atoms with Crippen molar-refractivity contribution in [1.82, 2.24) is 29.4 Å². The Hall–Kier alpha value is -4.18. The third-order valence-electron chi connectivity index (χ3n) is 6.93. The molecule has 206 valence electrons. The summed E-state index contributed by atoms with van der Waals surface area (Å²) in [4.78, 5) is 47.6. The molecule has 1 fully saturated rings. The van der Waals surface area contributed by atoms with E-state index in [9.17, 15) is 14.0 Å². The molecule has 11 heteroatoms. The summed E-state index contributed by atoms with van der Waals surface area (Å²) in [6.07, 6.45) is 4.89. The van der Waals surface area contributed by atoms with Crippen molar-refractivity contribution in [2.24, 2.45) is 5.92 Å². The van der Waals surface area contributed by atoms with E-state index in [-0.39, 0.29) is 39.8 Å². The molecule has 1 aliphatic rings. The second-order valence-corrected chi connectivity index (χ2v) is 10.6. The minimum atomic E-state index is -0.576. The predicted molar refractivity (Wildman–Crippen MR) is 153 cm³/mol. The van der Waals surface area contributed by atoms with E-state index in [2.05, 4.69) is 35.4 Å². The van der Waals surface area contributed by atoms with Crippen LogP contribution in [0.25, 0.3) is 28.0 Å². The van der Waals surface area contributed by atoms with Crippen LogP contribution in [0, 0.1) is 11.7 Å². The zero-order valence-electron chi connectivity index (χ0n) is 22.5. The fourth-order valence-corrected chi connectivity index (χ4v) is 5.32. The lowest BCUT2D eigenvalue weighted by atomic mass is 10.1. The Morgan fingerprint density at radius 1 is 1.25 bits per heavy atom. The van der Waals surface area contributed by atoms with Crippen LogP contribution < -0.4 is 10.6 Å². The summed E-state index contributed by atoms with van der Waals surface area (Å²) in [5.41, 5.74) is 1.21. The standard InChI is InChI=1S/C29H29ClFN7O2/c1-5-25(39)36-10-11-37(18(4)15-36)27-20-13-21(30)26(19-8-6-7-9-22(19)31)34-28(20)38(29(40)35-27)24-14-32-16-33-23(24)12-17(2)3/h5-9,13-14,16-18H,1,10-12,15H2,2-4H3/t18-/m0/s1. The van der Waals surface area contributed by atoms with Crippen LogP contribution in [0.5, 0.6) is 0 Å². The van der Waals surface area contributed by atoms with Crippen LogP contribution in [0.1, 0.15) is 26.5 Å². The van der Waals surface area contributed by atoms with Crippen LogP contribution in [0.15, 0.2) is 60.3 Å². The van der Waals surface area contributed by atoms with E-state index in [0.717, 1.165) is 0 Å². The van der Waals surface area contributed by atoms with Gasteiger partial charge in [-0.05, 0) is 43.5 Å². The van der Waals surface area contributed by atoms with Crippen molar-refractivity contribution in [2.75, 3.05) is 24.5 Å². The van der Waals surface area contributed by atoms with Gasteiger partial charge in [0.05, 0.1) is 33.7 Å². The fraction of sp³-hybridized carbons (Fsp3) is 0.310. The summed E-state index contributed by atoms with van der Waals surface area (Å²) in [6, 6.07) is 7.72. The van der Waals surface area contributed by atoms with Crippen molar-refractivity contribution in [3.8, 4) is 16.9 Å². The zero-order chi connectivity index (χ0) is 28.6. The summed E-state index contributed by atoms with van der Waals surface area (Å²) in [5.74, 6) is 0.0150. The molecule has 4 aromatic rings. The lowest BCUT2D eigenvalue weighted by Gasteiger charge is -2.40. The number of anilines is 1. The van der Waals surface area contributed by atoms with Gasteiger partial charge in [-0.3, -0.25) is 4.79 Å². The Labute approximate surface area is 236 Å². The molecule has 1 aromatic carbocycles. The lowest BCUT2D eigenvalue weighted by molar-refractivity contribution is -0.126. The number of pyridine rings is 1. The lowest BCUT2D eigenvalue weighted by Crippen LogP contribution is -2.54. The zero-order valence-corrected chi connectivity index (χ0v) is 23.3. The maximum atomic E-state index is 14.9. The molecule has 1 aliphatic heterocycles. The van der Waals surface area contributed by atoms with E-state index in [4.69, 9.17) is 16.6 Å². The number of rotatable bonds is 6. The van der Waals surface area contributed by atoms with Crippen molar-refractivity contribution in [1.29, 1.82) is 0 Å². The number of amides is 1. The van der Waals surface area contributed by atoms with Gasteiger partial charge in [-0.25, -0.2) is 28.7 Å². The van der Waals surface area contributed by atoms with Gasteiger partial charge < -0.3 is 9.80 Å². The molecule has 0 spiro atoms. The number of benzene rings is 1. The van der Waals surface area contributed by atoms with Crippen molar-refractivity contribution >= 4 is 34.4 Å². The number of carbonyl (C=O) groups is 1. The van der Waals surface area contributed by atoms with E-state index in [1.165, 1.54) is 23.0 Å². The summed E-state index contributed by atoms with van der Waals surface area (Å²) < 4.78 is 16.2. The second kappa shape index (κ2) is 11.1. The average Bonchev–Trinajstić information content (AvgIpc) is 2.93. The van der Waals surface area contributed by atoms with E-state index in [1.807, 2.05) is 11.8 Å². The highest BCUT2D eigenvalue weighted by molar-refractivity contribution is 6.33. The first-order valence-corrected chi connectivity index (χ1v) is 13.4. The Balaban J connectivity index is 1.77. The van der Waals surface area contributed by atoms with Gasteiger partial charge in [-0.1, -0.05) is 44.2 Å². The van der Waals surface area contributed by atoms with E-state index in [0.29, 0.717) is 48.6 Å². The maximum absolute atomic E-state index is 14.9. The second-order valence-electron chi connectivity index (χ2n) is 10.2. The highest BCUT2D eigenvalue weighted by Gasteiger charge is 2.30. The third kappa shape index (κ3) is 5.06. The molecule has 1 amide bonds. The van der Waals surface area contributed by atoms with Gasteiger partial charge in [0.1, 0.15) is 18.0 Å². The SMILES string of the molecule is C=CC(=O)N1CCN(c2nc(=O)n(-c3cncnc3CC(C)C)c3nc(-c4ccccc4F)c(Cl)cc23)[C@@H](C)C1. The first-order chi connectivity index (χ1) is 19.2. The van der Waals surface area contributed by atoms with Gasteiger partial charge in [0.15, 0.2) is 5.65 Å². The molecular formula is C29H29ClFN7O2. The van der Waals surface area contributed by atoms with Crippen LogP contribution in [0.3, 0.4) is 0 Å². The first-order valence-electron chi connectivity index (χ1n) is 13.0. The van der Waals surface area contributed by atoms with Crippen LogP contribution in [-0.2, 0) is 11.2 Å². The molecule has 4 heterocycles. The monoisotopic (exact) mass is 561 g/mol. The third-order valence-corrected chi connectivity index (χ3v) is 7.22. The first kappa shape index (κ1) is 27.4. The number of nitrogens with zero attached hydrogens (tertiary/aromatic N) is 7. The largest absolute Gasteiger partial charge is 0.355 e. The Morgan fingerprint density at radius 2 is 2.02 bits per heavy atom. The quantitative estimate of drug-likeness (QED) is 0.321. The summed E-state index contributed by atoms with van der Waals surface area (Å²) in [7, 11) is 0. The van der Waals surface area contributed by atoms with Crippen molar-refractivity contribution in [3.05, 3.63) is 82.5 Å². The van der Waals surface area contributed by atoms with Gasteiger partial charge in [0.2, 0.25) is 5.91 Å². The molecule has 1 atom stereocenters. The molecule has 1 saturated heterocycles. The normalized spacial score (nSPS) is 15.6. The molecule has 0 aliphatic carbocycles. The predicted octanol–water partition coefficient (Wildman–Crippen LogP) is 4.45. The van der Waals surface area contributed by atoms with Crippen LogP contribution in [0.2, 0.25) is 5.02 Å². The van der Waals surface area contributed by atoms with Gasteiger partial charge in [-0.15, -0.1) is 0 Å². The van der Waals surface area contributed by atoms with E-state index >= 15 is 0 Å². The number of halogens is 2. The summed E-state index contributed by atoms with van der Waals surface area (Å²) >= 11 is 6.73. The van der Waals surface area contributed by atoms with Crippen molar-refractivity contribution < 1.29 is 9.18 Å². The number of hydrogen-bond donors (Lipinski definition) is 0. The smallest absolute Gasteiger partial charge is 0.350 e. The number of hydrogen-bond acceptors (Lipinski definition) is 7. The van der Waals surface area contributed by atoms with Crippen molar-refractivity contribution in [3.63, 3.8) is 0 Å². The van der Waals surface area contributed by atoms with Gasteiger partial charge in [-0.2, -0.15) is 4.98 Å². The molecule has 0 radical (unpaired) electrons. The molecule has 5 rings (SSSR count). The minimum absolute atomic E-state index is 0.152. The average molecular weight is 562 g/mol. The Kier molecular flexibility index (Phi) is 7.62. The van der Waals surface area contributed by atoms with E-state index < -0.39 is 11.5 Å². The molecule has 0 unspecified atom stereocenters. The van der Waals surface area contributed by atoms with Crippen molar-refractivity contribution in [2.45, 2.75) is 33.2 Å². The minimum Gasteiger partial charge on any atom is -0.350 e. The molecule has 40 heavy (non-hydrogen) atoms. The van der Waals surface area contributed by atoms with Gasteiger partial charge in [0, 0.05) is 31.2 Å². The highest BCUT2D eigenvalue weighted by Crippen LogP contribution is 2.35. The van der Waals surface area contributed by atoms with Gasteiger partial charge in [0.25, 0.3) is 0 Å². The fourth-order valence-electron chi connectivity index (χ4n) is 5.06. The number of carbonyl (C=O) groups excluding carboxylic acids is 1. The highest BCUT2D eigenvalue weighted by atomic mass is 35.5. The molecule has 0 N–H and O–H groups in total. The number of piperazine rings is 1. The Bertz CT molecular complexity index is 1670. The van der Waals surface area contributed by atoms with Gasteiger partial charge >= 0.3 is 5.69 Å². The number of fused-ring (bicyclic) bond motifs is 1. The maximum Gasteiger partial charge on any atom is 0.355 e. The van der Waals surface area contributed by atoms with Crippen LogP contribution in [-0.4, -0.2) is 61.0 Å². The Morgan fingerprint density at radius 3 is 2.73 bits per heavy atom. The molecule has 0 saturated carbocycles. The molecule has 9 nitrogen and oxygen atoms in total. The molecular weight excluding hydrogens is 533 g/mol. The summed E-state index contributed by atoms with van der Waals surface area (Å²) in [6.45, 7) is 10.9. The molecule has 0 bridgehead atoms. The van der Waals surface area contributed by atoms with Crippen LogP contribution in [0.4, 0.5) is 10.2 Å². The topological polar surface area (TPSA) is 97.1 Å².